The number of allylic oxidation sites excluding steroid dienone is 2. The van der Waals surface area contributed by atoms with E-state index < -0.39 is 0 Å². The third kappa shape index (κ3) is 1.92. The lowest BCUT2D eigenvalue weighted by Gasteiger charge is -2.60. The van der Waals surface area contributed by atoms with Crippen molar-refractivity contribution in [2.75, 3.05) is 0 Å². The summed E-state index contributed by atoms with van der Waals surface area (Å²) in [5, 5.41) is 11.2. The van der Waals surface area contributed by atoms with Crippen LogP contribution in [-0.2, 0) is 0 Å². The SMILES string of the molecule is C[C@]12CC[C@H](O)C[C@@H]1CC[C@@H]1[C@@H]2CC[C@]2(C)C(Cl)=CC[C@@H]12. The molecule has 4 aliphatic rings. The number of fused-ring (bicyclic) bond motifs is 5. The summed E-state index contributed by atoms with van der Waals surface area (Å²) >= 11 is 6.58. The van der Waals surface area contributed by atoms with E-state index >= 15 is 0 Å². The van der Waals surface area contributed by atoms with Crippen LogP contribution in [0.25, 0.3) is 0 Å². The Kier molecular flexibility index (Phi) is 3.29. The van der Waals surface area contributed by atoms with Gasteiger partial charge in [-0.2, -0.15) is 0 Å². The molecule has 0 aromatic rings. The molecule has 2 heteroatoms. The van der Waals surface area contributed by atoms with Crippen LogP contribution in [0, 0.1) is 34.5 Å². The molecule has 1 N–H and O–H groups in total. The Hall–Kier alpha value is -0.0100. The van der Waals surface area contributed by atoms with Crippen molar-refractivity contribution in [1.82, 2.24) is 0 Å². The van der Waals surface area contributed by atoms with E-state index in [2.05, 4.69) is 19.9 Å². The fourth-order valence-electron chi connectivity index (χ4n) is 6.75. The second-order valence-electron chi connectivity index (χ2n) is 8.83. The maximum absolute atomic E-state index is 10.1. The highest BCUT2D eigenvalue weighted by molar-refractivity contribution is 6.30. The second-order valence-corrected chi connectivity index (χ2v) is 9.24. The molecule has 7 atom stereocenters. The van der Waals surface area contributed by atoms with Crippen LogP contribution < -0.4 is 0 Å². The lowest BCUT2D eigenvalue weighted by atomic mass is 9.45. The Labute approximate surface area is 134 Å². The van der Waals surface area contributed by atoms with Gasteiger partial charge in [-0.25, -0.2) is 0 Å². The van der Waals surface area contributed by atoms with Gasteiger partial charge >= 0.3 is 0 Å². The monoisotopic (exact) mass is 308 g/mol. The molecular weight excluding hydrogens is 280 g/mol. The minimum atomic E-state index is -0.0314. The highest BCUT2D eigenvalue weighted by Crippen LogP contribution is 2.66. The van der Waals surface area contributed by atoms with Gasteiger partial charge in [0.05, 0.1) is 6.10 Å². The van der Waals surface area contributed by atoms with E-state index in [1.807, 2.05) is 0 Å². The van der Waals surface area contributed by atoms with Crippen molar-refractivity contribution in [3.63, 3.8) is 0 Å². The van der Waals surface area contributed by atoms with Crippen molar-refractivity contribution < 1.29 is 5.11 Å². The molecular formula is C19H29ClO. The molecule has 0 amide bonds. The molecule has 118 valence electrons. The topological polar surface area (TPSA) is 20.2 Å². The quantitative estimate of drug-likeness (QED) is 0.658. The number of rotatable bonds is 0. The summed E-state index contributed by atoms with van der Waals surface area (Å²) in [6, 6.07) is 0. The van der Waals surface area contributed by atoms with Crippen LogP contribution in [0.1, 0.15) is 65.2 Å². The summed E-state index contributed by atoms with van der Waals surface area (Å²) in [4.78, 5) is 0. The van der Waals surface area contributed by atoms with Gasteiger partial charge in [-0.15, -0.1) is 0 Å². The van der Waals surface area contributed by atoms with Crippen molar-refractivity contribution in [2.24, 2.45) is 34.5 Å². The van der Waals surface area contributed by atoms with E-state index in [1.165, 1.54) is 38.5 Å². The second kappa shape index (κ2) is 4.74. The molecule has 0 aromatic carbocycles. The first-order valence-corrected chi connectivity index (χ1v) is 9.37. The van der Waals surface area contributed by atoms with Gasteiger partial charge in [0, 0.05) is 10.4 Å². The van der Waals surface area contributed by atoms with Gasteiger partial charge in [0.15, 0.2) is 0 Å². The van der Waals surface area contributed by atoms with Crippen molar-refractivity contribution in [1.29, 1.82) is 0 Å². The normalized spacial score (nSPS) is 56.2. The number of halogens is 1. The van der Waals surface area contributed by atoms with E-state index in [-0.39, 0.29) is 11.5 Å². The van der Waals surface area contributed by atoms with Gasteiger partial charge in [-0.05, 0) is 80.5 Å². The van der Waals surface area contributed by atoms with Gasteiger partial charge in [-0.1, -0.05) is 31.5 Å². The fourth-order valence-corrected chi connectivity index (χ4v) is 7.07. The predicted molar refractivity (Wildman–Crippen MR) is 87.1 cm³/mol. The van der Waals surface area contributed by atoms with Gasteiger partial charge in [0.1, 0.15) is 0 Å². The number of aliphatic hydroxyl groups is 1. The first-order chi connectivity index (χ1) is 9.95. The van der Waals surface area contributed by atoms with E-state index in [1.54, 1.807) is 0 Å². The van der Waals surface area contributed by atoms with Gasteiger partial charge < -0.3 is 5.11 Å². The predicted octanol–water partition coefficient (Wildman–Crippen LogP) is 5.12. The average Bonchev–Trinajstić information content (AvgIpc) is 2.76. The average molecular weight is 309 g/mol. The fraction of sp³-hybridized carbons (Fsp3) is 0.895. The summed E-state index contributed by atoms with van der Waals surface area (Å²) in [6.07, 6.45) is 12.1. The van der Waals surface area contributed by atoms with Crippen LogP contribution in [0.15, 0.2) is 11.1 Å². The maximum Gasteiger partial charge on any atom is 0.0543 e. The van der Waals surface area contributed by atoms with Crippen LogP contribution in [0.2, 0.25) is 0 Å². The molecule has 0 spiro atoms. The minimum absolute atomic E-state index is 0.0314. The maximum atomic E-state index is 10.1. The Morgan fingerprint density at radius 2 is 1.90 bits per heavy atom. The van der Waals surface area contributed by atoms with E-state index in [4.69, 9.17) is 11.6 Å². The van der Waals surface area contributed by atoms with Gasteiger partial charge in [-0.3, -0.25) is 0 Å². The molecule has 0 radical (unpaired) electrons. The lowest BCUT2D eigenvalue weighted by molar-refractivity contribution is -0.116. The standard InChI is InChI=1S/C19H29ClO/c1-18-9-7-13(21)11-12(18)3-4-14-15-5-6-17(20)19(15,2)10-8-16(14)18/h6,12-16,21H,3-5,7-11H2,1-2H3/t12-,13-,14-,15-,16-,18-,19-/m0/s1. The van der Waals surface area contributed by atoms with Crippen molar-refractivity contribution in [2.45, 2.75) is 71.3 Å². The zero-order valence-corrected chi connectivity index (χ0v) is 14.2. The van der Waals surface area contributed by atoms with E-state index in [0.717, 1.165) is 41.5 Å². The molecule has 3 saturated carbocycles. The highest BCUT2D eigenvalue weighted by Gasteiger charge is 2.58. The number of hydrogen-bond acceptors (Lipinski definition) is 1. The lowest BCUT2D eigenvalue weighted by Crippen LogP contribution is -2.53. The summed E-state index contributed by atoms with van der Waals surface area (Å²) in [5.41, 5.74) is 0.763. The molecule has 4 aliphatic carbocycles. The third-order valence-corrected chi connectivity index (χ3v) is 8.71. The molecule has 0 aliphatic heterocycles. The Morgan fingerprint density at radius 3 is 2.71 bits per heavy atom. The van der Waals surface area contributed by atoms with E-state index in [9.17, 15) is 5.11 Å². The number of hydrogen-bond donors (Lipinski definition) is 1. The summed E-state index contributed by atoms with van der Waals surface area (Å²) in [7, 11) is 0. The molecule has 0 heterocycles. The molecule has 0 saturated heterocycles. The van der Waals surface area contributed by atoms with Crippen molar-refractivity contribution in [3.8, 4) is 0 Å². The largest absolute Gasteiger partial charge is 0.393 e. The Balaban J connectivity index is 1.63. The first-order valence-electron chi connectivity index (χ1n) is 8.99. The van der Waals surface area contributed by atoms with Gasteiger partial charge in [0.2, 0.25) is 0 Å². The zero-order valence-electron chi connectivity index (χ0n) is 13.4. The molecule has 0 bridgehead atoms. The first kappa shape index (κ1) is 14.6. The number of aliphatic hydroxyl groups excluding tert-OH is 1. The zero-order chi connectivity index (χ0) is 14.8. The summed E-state index contributed by atoms with van der Waals surface area (Å²) in [5.74, 6) is 3.29. The van der Waals surface area contributed by atoms with Crippen LogP contribution in [-0.4, -0.2) is 11.2 Å². The minimum Gasteiger partial charge on any atom is -0.393 e. The Bertz CT molecular complexity index is 472. The summed E-state index contributed by atoms with van der Waals surface area (Å²) in [6.45, 7) is 4.96. The van der Waals surface area contributed by atoms with Crippen molar-refractivity contribution in [3.05, 3.63) is 11.1 Å². The van der Waals surface area contributed by atoms with Crippen LogP contribution >= 0.6 is 11.6 Å². The molecule has 21 heavy (non-hydrogen) atoms. The van der Waals surface area contributed by atoms with Crippen molar-refractivity contribution >= 4 is 11.6 Å². The molecule has 0 aromatic heterocycles. The van der Waals surface area contributed by atoms with Crippen LogP contribution in [0.5, 0.6) is 0 Å². The Morgan fingerprint density at radius 1 is 1.10 bits per heavy atom. The van der Waals surface area contributed by atoms with Crippen LogP contribution in [0.4, 0.5) is 0 Å². The van der Waals surface area contributed by atoms with Crippen LogP contribution in [0.3, 0.4) is 0 Å². The summed E-state index contributed by atoms with van der Waals surface area (Å²) < 4.78 is 0. The highest BCUT2D eigenvalue weighted by atomic mass is 35.5. The molecule has 0 unspecified atom stereocenters. The molecule has 3 fully saturated rings. The third-order valence-electron chi connectivity index (χ3n) is 8.12. The van der Waals surface area contributed by atoms with E-state index in [0.29, 0.717) is 5.41 Å². The smallest absolute Gasteiger partial charge is 0.0543 e. The molecule has 4 rings (SSSR count). The molecule has 1 nitrogen and oxygen atoms in total. The van der Waals surface area contributed by atoms with Gasteiger partial charge in [0.25, 0.3) is 0 Å².